The average molecular weight is 171 g/mol. The van der Waals surface area contributed by atoms with Crippen LogP contribution < -0.4 is 4.98 Å². The quantitative estimate of drug-likeness (QED) is 0.643. The molecule has 0 aromatic carbocycles. The summed E-state index contributed by atoms with van der Waals surface area (Å²) in [4.78, 5) is 3.62. The van der Waals surface area contributed by atoms with Crippen molar-refractivity contribution in [2.24, 2.45) is 0 Å². The van der Waals surface area contributed by atoms with Crippen molar-refractivity contribution >= 4 is 8.24 Å². The van der Waals surface area contributed by atoms with Crippen LogP contribution >= 0.6 is 0 Å². The van der Waals surface area contributed by atoms with Crippen molar-refractivity contribution < 1.29 is 0 Å². The maximum atomic E-state index is 3.62. The fourth-order valence-corrected chi connectivity index (χ4v) is 2.35. The Labute approximate surface area is 72.0 Å². The minimum Gasteiger partial charge on any atom is -0.414 e. The highest BCUT2D eigenvalue weighted by Crippen LogP contribution is 2.08. The summed E-state index contributed by atoms with van der Waals surface area (Å²) in [5.74, 6) is 0. The lowest BCUT2D eigenvalue weighted by Gasteiger charge is -2.22. The molecule has 0 fully saturated rings. The lowest BCUT2D eigenvalue weighted by molar-refractivity contribution is 0.942. The van der Waals surface area contributed by atoms with Gasteiger partial charge in [-0.3, -0.25) is 0 Å². The van der Waals surface area contributed by atoms with Crippen LogP contribution in [0.2, 0.25) is 19.6 Å². The molecule has 2 heteroatoms. The van der Waals surface area contributed by atoms with Crippen LogP contribution in [0.15, 0.2) is 11.3 Å². The van der Waals surface area contributed by atoms with Crippen molar-refractivity contribution in [1.29, 1.82) is 0 Å². The zero-order valence-electron chi connectivity index (χ0n) is 8.71. The summed E-state index contributed by atoms with van der Waals surface area (Å²) in [6.45, 7) is 13.5. The highest BCUT2D eigenvalue weighted by Gasteiger charge is 2.13. The zero-order valence-corrected chi connectivity index (χ0v) is 9.71. The van der Waals surface area contributed by atoms with Gasteiger partial charge >= 0.3 is 0 Å². The Hall–Kier alpha value is -0.243. The highest BCUT2D eigenvalue weighted by molar-refractivity contribution is 6.74. The molecular weight excluding hydrogens is 150 g/mol. The zero-order chi connectivity index (χ0) is 9.07. The van der Waals surface area contributed by atoms with Gasteiger partial charge in [-0.1, -0.05) is 32.1 Å². The molecule has 11 heavy (non-hydrogen) atoms. The fraction of sp³-hybridized carbons (Fsp3) is 0.778. The second-order valence-corrected chi connectivity index (χ2v) is 8.96. The first-order chi connectivity index (χ1) is 4.87. The first-order valence-corrected chi connectivity index (χ1v) is 7.81. The fourth-order valence-electron chi connectivity index (χ4n) is 1.02. The van der Waals surface area contributed by atoms with Crippen LogP contribution in [0.5, 0.6) is 0 Å². The molecule has 0 heterocycles. The van der Waals surface area contributed by atoms with E-state index in [1.165, 1.54) is 11.3 Å². The first-order valence-electron chi connectivity index (χ1n) is 4.31. The van der Waals surface area contributed by atoms with Crippen molar-refractivity contribution in [3.8, 4) is 0 Å². The van der Waals surface area contributed by atoms with Gasteiger partial charge in [-0.25, -0.2) is 0 Å². The van der Waals surface area contributed by atoms with Crippen LogP contribution in [-0.2, 0) is 0 Å². The molecule has 0 unspecified atom stereocenters. The Bertz CT molecular complexity index is 149. The summed E-state index contributed by atoms with van der Waals surface area (Å²) in [5.41, 5.74) is 2.86. The summed E-state index contributed by atoms with van der Waals surface area (Å²) in [6.07, 6.45) is 1.13. The third kappa shape index (κ3) is 5.07. The van der Waals surface area contributed by atoms with Crippen LogP contribution in [-0.4, -0.2) is 8.24 Å². The molecular formula is C9H21NSi. The van der Waals surface area contributed by atoms with Gasteiger partial charge in [-0.2, -0.15) is 0 Å². The molecule has 0 saturated carbocycles. The summed E-state index contributed by atoms with van der Waals surface area (Å²) < 4.78 is 0. The number of nitrogens with one attached hydrogen (secondary N) is 1. The van der Waals surface area contributed by atoms with E-state index < -0.39 is 8.24 Å². The van der Waals surface area contributed by atoms with Crippen LogP contribution in [0.4, 0.5) is 0 Å². The minimum atomic E-state index is -1.11. The topological polar surface area (TPSA) is 12.0 Å². The molecule has 0 amide bonds. The standard InChI is InChI=1S/C9H21NSi/c1-7-9(8(2)3)10-11(4,5)6/h10H,7H2,1-6H3. The van der Waals surface area contributed by atoms with E-state index in [9.17, 15) is 0 Å². The van der Waals surface area contributed by atoms with Gasteiger partial charge in [-0.15, -0.1) is 0 Å². The van der Waals surface area contributed by atoms with E-state index in [-0.39, 0.29) is 0 Å². The second kappa shape index (κ2) is 3.95. The van der Waals surface area contributed by atoms with Crippen molar-refractivity contribution in [3.63, 3.8) is 0 Å². The molecule has 0 rings (SSSR count). The minimum absolute atomic E-state index is 1.11. The van der Waals surface area contributed by atoms with Gasteiger partial charge in [0.15, 0.2) is 0 Å². The second-order valence-electron chi connectivity index (χ2n) is 4.21. The molecule has 0 atom stereocenters. The predicted octanol–water partition coefficient (Wildman–Crippen LogP) is 3.11. The van der Waals surface area contributed by atoms with E-state index in [2.05, 4.69) is 45.4 Å². The summed E-state index contributed by atoms with van der Waals surface area (Å²) in [5, 5.41) is 0. The molecule has 0 aromatic rings. The number of rotatable bonds is 3. The van der Waals surface area contributed by atoms with Gasteiger partial charge in [0.25, 0.3) is 0 Å². The normalized spacial score (nSPS) is 11.1. The van der Waals surface area contributed by atoms with E-state index in [0.717, 1.165) is 6.42 Å². The number of hydrogen-bond donors (Lipinski definition) is 1. The lowest BCUT2D eigenvalue weighted by Crippen LogP contribution is -2.40. The number of allylic oxidation sites excluding steroid dienone is 2. The molecule has 1 nitrogen and oxygen atoms in total. The number of hydrogen-bond acceptors (Lipinski definition) is 1. The van der Waals surface area contributed by atoms with Crippen LogP contribution in [0.1, 0.15) is 27.2 Å². The van der Waals surface area contributed by atoms with Crippen molar-refractivity contribution in [3.05, 3.63) is 11.3 Å². The van der Waals surface area contributed by atoms with E-state index in [1.54, 1.807) is 0 Å². The Kier molecular flexibility index (Phi) is 3.87. The van der Waals surface area contributed by atoms with Crippen molar-refractivity contribution in [2.45, 2.75) is 46.8 Å². The molecule has 0 aliphatic heterocycles. The van der Waals surface area contributed by atoms with E-state index >= 15 is 0 Å². The van der Waals surface area contributed by atoms with Gasteiger partial charge in [0.1, 0.15) is 8.24 Å². The molecule has 0 radical (unpaired) electrons. The summed E-state index contributed by atoms with van der Waals surface area (Å²) in [7, 11) is -1.11. The van der Waals surface area contributed by atoms with Gasteiger partial charge in [0.05, 0.1) is 0 Å². The molecule has 0 bridgehead atoms. The molecule has 0 aliphatic rings. The SMILES string of the molecule is CCC(N[Si](C)(C)C)=C(C)C. The largest absolute Gasteiger partial charge is 0.414 e. The predicted molar refractivity (Wildman–Crippen MR) is 55.1 cm³/mol. The van der Waals surface area contributed by atoms with E-state index in [0.29, 0.717) is 0 Å². The third-order valence-electron chi connectivity index (χ3n) is 1.48. The summed E-state index contributed by atoms with van der Waals surface area (Å²) in [6, 6.07) is 0. The van der Waals surface area contributed by atoms with Crippen molar-refractivity contribution in [1.82, 2.24) is 4.98 Å². The lowest BCUT2D eigenvalue weighted by atomic mass is 10.2. The molecule has 0 spiro atoms. The Morgan fingerprint density at radius 3 is 1.73 bits per heavy atom. The Balaban J connectivity index is 4.23. The summed E-state index contributed by atoms with van der Waals surface area (Å²) >= 11 is 0. The maximum Gasteiger partial charge on any atom is 0.143 e. The smallest absolute Gasteiger partial charge is 0.143 e. The Morgan fingerprint density at radius 2 is 1.64 bits per heavy atom. The van der Waals surface area contributed by atoms with Crippen molar-refractivity contribution in [2.75, 3.05) is 0 Å². The van der Waals surface area contributed by atoms with E-state index in [1.807, 2.05) is 0 Å². The Morgan fingerprint density at radius 1 is 1.18 bits per heavy atom. The van der Waals surface area contributed by atoms with Gasteiger partial charge in [-0.05, 0) is 20.3 Å². The molecule has 0 aliphatic carbocycles. The van der Waals surface area contributed by atoms with Crippen LogP contribution in [0.25, 0.3) is 0 Å². The highest BCUT2D eigenvalue weighted by atomic mass is 28.3. The van der Waals surface area contributed by atoms with Gasteiger partial charge in [0.2, 0.25) is 0 Å². The van der Waals surface area contributed by atoms with E-state index in [4.69, 9.17) is 0 Å². The van der Waals surface area contributed by atoms with Crippen LogP contribution in [0.3, 0.4) is 0 Å². The third-order valence-corrected chi connectivity index (χ3v) is 2.53. The molecule has 66 valence electrons. The molecule has 0 aromatic heterocycles. The maximum absolute atomic E-state index is 3.62. The monoisotopic (exact) mass is 171 g/mol. The average Bonchev–Trinajstić information content (AvgIpc) is 1.80. The van der Waals surface area contributed by atoms with Gasteiger partial charge < -0.3 is 4.98 Å². The first kappa shape index (κ1) is 10.8. The molecule has 0 saturated heterocycles. The van der Waals surface area contributed by atoms with Gasteiger partial charge in [0, 0.05) is 5.70 Å². The molecule has 1 N–H and O–H groups in total. The van der Waals surface area contributed by atoms with Crippen LogP contribution in [0, 0.1) is 0 Å².